The third-order valence-corrected chi connectivity index (χ3v) is 7.09. The van der Waals surface area contributed by atoms with E-state index in [4.69, 9.17) is 14.9 Å². The van der Waals surface area contributed by atoms with Crippen LogP contribution in [-0.2, 0) is 10.0 Å². The number of aryl methyl sites for hydroxylation is 1. The molecule has 3 aromatic rings. The van der Waals surface area contributed by atoms with Gasteiger partial charge in [0.25, 0.3) is 5.91 Å². The highest BCUT2D eigenvalue weighted by Gasteiger charge is 2.24. The number of furan rings is 1. The molecule has 2 aromatic heterocycles. The van der Waals surface area contributed by atoms with E-state index >= 15 is 0 Å². The second-order valence-electron chi connectivity index (χ2n) is 6.65. The standard InChI is InChI=1S/C21H19N5O4S2/c1-15-4-9-19(30-15)18-14-31-21(24-18)25-20(27)16-5-7-17(8-6-16)32(28,29)26(12-2-10-22)13-3-11-23/h4-9,14H,2-3,12-13H2,1H3,(H,24,25,27). The number of nitrogens with one attached hydrogen (secondary N) is 1. The van der Waals surface area contributed by atoms with Crippen molar-refractivity contribution in [2.24, 2.45) is 0 Å². The van der Waals surface area contributed by atoms with Crippen LogP contribution in [0.4, 0.5) is 5.13 Å². The lowest BCUT2D eigenvalue weighted by Gasteiger charge is -2.20. The summed E-state index contributed by atoms with van der Waals surface area (Å²) >= 11 is 1.24. The number of anilines is 1. The Morgan fingerprint density at radius 1 is 1.12 bits per heavy atom. The van der Waals surface area contributed by atoms with Crippen molar-refractivity contribution in [3.63, 3.8) is 0 Å². The number of carbonyl (C=O) groups excluding carboxylic acids is 1. The fourth-order valence-electron chi connectivity index (χ4n) is 2.81. The first-order valence-electron chi connectivity index (χ1n) is 9.53. The molecule has 0 saturated heterocycles. The lowest BCUT2D eigenvalue weighted by atomic mass is 10.2. The Morgan fingerprint density at radius 2 is 1.78 bits per heavy atom. The monoisotopic (exact) mass is 469 g/mol. The number of nitrogens with zero attached hydrogens (tertiary/aromatic N) is 4. The van der Waals surface area contributed by atoms with E-state index in [2.05, 4.69) is 10.3 Å². The van der Waals surface area contributed by atoms with Crippen molar-refractivity contribution in [1.82, 2.24) is 9.29 Å². The Bertz CT molecular complexity index is 1260. The van der Waals surface area contributed by atoms with Crippen LogP contribution < -0.4 is 5.32 Å². The quantitative estimate of drug-likeness (QED) is 0.503. The van der Waals surface area contributed by atoms with Crippen LogP contribution >= 0.6 is 11.3 Å². The van der Waals surface area contributed by atoms with Gasteiger partial charge in [0.1, 0.15) is 11.5 Å². The molecule has 2 heterocycles. The van der Waals surface area contributed by atoms with E-state index in [1.807, 2.05) is 25.1 Å². The molecule has 3 rings (SSSR count). The zero-order chi connectivity index (χ0) is 23.1. The third kappa shape index (κ3) is 5.39. The zero-order valence-electron chi connectivity index (χ0n) is 17.1. The highest BCUT2D eigenvalue weighted by Crippen LogP contribution is 2.27. The van der Waals surface area contributed by atoms with Crippen molar-refractivity contribution >= 4 is 32.4 Å². The predicted molar refractivity (Wildman–Crippen MR) is 118 cm³/mol. The van der Waals surface area contributed by atoms with E-state index in [1.165, 1.54) is 35.6 Å². The number of sulfonamides is 1. The average molecular weight is 470 g/mol. The molecule has 1 aromatic carbocycles. The van der Waals surface area contributed by atoms with Crippen molar-refractivity contribution in [1.29, 1.82) is 10.5 Å². The van der Waals surface area contributed by atoms with Gasteiger partial charge < -0.3 is 4.42 Å². The summed E-state index contributed by atoms with van der Waals surface area (Å²) in [5.74, 6) is 0.926. The number of nitriles is 2. The number of hydrogen-bond acceptors (Lipinski definition) is 8. The molecule has 11 heteroatoms. The van der Waals surface area contributed by atoms with Gasteiger partial charge >= 0.3 is 0 Å². The van der Waals surface area contributed by atoms with Gasteiger partial charge in [0.15, 0.2) is 10.9 Å². The van der Waals surface area contributed by atoms with Crippen LogP contribution in [0, 0.1) is 29.6 Å². The van der Waals surface area contributed by atoms with Gasteiger partial charge in [-0.15, -0.1) is 11.3 Å². The maximum Gasteiger partial charge on any atom is 0.257 e. The summed E-state index contributed by atoms with van der Waals surface area (Å²) in [5, 5.41) is 22.4. The Labute approximate surface area is 189 Å². The molecule has 0 spiro atoms. The number of benzene rings is 1. The van der Waals surface area contributed by atoms with Crippen LogP contribution in [0.3, 0.4) is 0 Å². The first-order valence-corrected chi connectivity index (χ1v) is 11.8. The fraction of sp³-hybridized carbons (Fsp3) is 0.238. The summed E-state index contributed by atoms with van der Waals surface area (Å²) in [6.07, 6.45) is 0.0248. The maximum absolute atomic E-state index is 12.8. The number of aromatic nitrogens is 1. The minimum absolute atomic E-state index is 0.00960. The Hall–Kier alpha value is -3.51. The molecule has 1 amide bonds. The van der Waals surface area contributed by atoms with Crippen LogP contribution in [0.15, 0.2) is 51.1 Å². The molecule has 9 nitrogen and oxygen atoms in total. The minimum Gasteiger partial charge on any atom is -0.460 e. The normalized spacial score (nSPS) is 11.1. The Morgan fingerprint density at radius 3 is 2.34 bits per heavy atom. The first kappa shape index (κ1) is 23.2. The van der Waals surface area contributed by atoms with E-state index in [1.54, 1.807) is 11.4 Å². The van der Waals surface area contributed by atoms with Crippen molar-refractivity contribution in [3.05, 3.63) is 53.1 Å². The highest BCUT2D eigenvalue weighted by atomic mass is 32.2. The summed E-state index contributed by atoms with van der Waals surface area (Å²) in [7, 11) is -3.89. The van der Waals surface area contributed by atoms with E-state index in [-0.39, 0.29) is 36.4 Å². The lowest BCUT2D eigenvalue weighted by molar-refractivity contribution is 0.102. The van der Waals surface area contributed by atoms with Gasteiger partial charge in [0.05, 0.1) is 17.0 Å². The average Bonchev–Trinajstić information content (AvgIpc) is 3.42. The topological polar surface area (TPSA) is 140 Å². The summed E-state index contributed by atoms with van der Waals surface area (Å²) in [4.78, 5) is 16.9. The Kier molecular flexibility index (Phi) is 7.38. The number of carbonyl (C=O) groups is 1. The largest absolute Gasteiger partial charge is 0.460 e. The second kappa shape index (κ2) is 10.2. The molecular formula is C21H19N5O4S2. The molecule has 0 unspecified atom stereocenters. The smallest absolute Gasteiger partial charge is 0.257 e. The number of thiazole rings is 1. The molecule has 0 radical (unpaired) electrons. The van der Waals surface area contributed by atoms with E-state index in [9.17, 15) is 13.2 Å². The van der Waals surface area contributed by atoms with Crippen molar-refractivity contribution in [3.8, 4) is 23.6 Å². The number of hydrogen-bond donors (Lipinski definition) is 1. The summed E-state index contributed by atoms with van der Waals surface area (Å²) in [6, 6.07) is 12.9. The van der Waals surface area contributed by atoms with Gasteiger partial charge in [-0.25, -0.2) is 13.4 Å². The van der Waals surface area contributed by atoms with Crippen molar-refractivity contribution in [2.45, 2.75) is 24.7 Å². The van der Waals surface area contributed by atoms with Gasteiger partial charge in [-0.2, -0.15) is 14.8 Å². The highest BCUT2D eigenvalue weighted by molar-refractivity contribution is 7.89. The van der Waals surface area contributed by atoms with Gasteiger partial charge in [-0.05, 0) is 43.3 Å². The lowest BCUT2D eigenvalue weighted by Crippen LogP contribution is -2.32. The first-order chi connectivity index (χ1) is 15.3. The molecule has 0 fully saturated rings. The van der Waals surface area contributed by atoms with Crippen LogP contribution in [0.5, 0.6) is 0 Å². The predicted octanol–water partition coefficient (Wildman–Crippen LogP) is 3.78. The maximum atomic E-state index is 12.8. The van der Waals surface area contributed by atoms with Crippen molar-refractivity contribution in [2.75, 3.05) is 18.4 Å². The van der Waals surface area contributed by atoms with Crippen molar-refractivity contribution < 1.29 is 17.6 Å². The molecule has 32 heavy (non-hydrogen) atoms. The van der Waals surface area contributed by atoms with Crippen LogP contribution in [-0.4, -0.2) is 36.7 Å². The van der Waals surface area contributed by atoms with Gasteiger partial charge in [0.2, 0.25) is 10.0 Å². The fourth-order valence-corrected chi connectivity index (χ4v) is 4.95. The van der Waals surface area contributed by atoms with Gasteiger partial charge in [0, 0.05) is 36.9 Å². The van der Waals surface area contributed by atoms with Crippen LogP contribution in [0.2, 0.25) is 0 Å². The molecule has 0 atom stereocenters. The molecule has 0 saturated carbocycles. The summed E-state index contributed by atoms with van der Waals surface area (Å²) < 4.78 is 32.3. The number of rotatable bonds is 9. The van der Waals surface area contributed by atoms with Gasteiger partial charge in [-0.1, -0.05) is 0 Å². The van der Waals surface area contributed by atoms with E-state index < -0.39 is 15.9 Å². The van der Waals surface area contributed by atoms with E-state index in [0.29, 0.717) is 16.6 Å². The molecule has 1 N–H and O–H groups in total. The number of amides is 1. The summed E-state index contributed by atoms with van der Waals surface area (Å²) in [5.41, 5.74) is 0.866. The molecule has 0 bridgehead atoms. The summed E-state index contributed by atoms with van der Waals surface area (Å²) in [6.45, 7) is 1.81. The SMILES string of the molecule is Cc1ccc(-c2csc(NC(=O)c3ccc(S(=O)(=O)N(CCC#N)CCC#N)cc3)n2)o1. The van der Waals surface area contributed by atoms with Crippen LogP contribution in [0.25, 0.3) is 11.5 Å². The molecule has 164 valence electrons. The molecule has 0 aliphatic carbocycles. The molecular weight excluding hydrogens is 450 g/mol. The molecule has 0 aliphatic heterocycles. The second-order valence-corrected chi connectivity index (χ2v) is 9.44. The Balaban J connectivity index is 1.71. The third-order valence-electron chi connectivity index (χ3n) is 4.42. The van der Waals surface area contributed by atoms with E-state index in [0.717, 1.165) is 10.1 Å². The molecule has 0 aliphatic rings. The minimum atomic E-state index is -3.89. The van der Waals surface area contributed by atoms with Gasteiger partial charge in [-0.3, -0.25) is 10.1 Å². The zero-order valence-corrected chi connectivity index (χ0v) is 18.7. The van der Waals surface area contributed by atoms with Crippen LogP contribution in [0.1, 0.15) is 29.0 Å².